The lowest BCUT2D eigenvalue weighted by Crippen LogP contribution is -2.28. The third kappa shape index (κ3) is 5.48. The molecule has 0 aliphatic heterocycles. The second-order valence-corrected chi connectivity index (χ2v) is 9.79. The molecular weight excluding hydrogens is 456 g/mol. The number of carbonyl (C=O) groups excluding carboxylic acids is 1. The Hall–Kier alpha value is -2.62. The van der Waals surface area contributed by atoms with E-state index in [4.69, 9.17) is 9.72 Å². The molecular formula is C24H28N4O3S2. The Labute approximate surface area is 200 Å². The van der Waals surface area contributed by atoms with Gasteiger partial charge in [0.1, 0.15) is 4.83 Å². The minimum atomic E-state index is -0.0712. The van der Waals surface area contributed by atoms with Crippen molar-refractivity contribution in [2.24, 2.45) is 0 Å². The van der Waals surface area contributed by atoms with Crippen LogP contribution in [0.15, 0.2) is 46.5 Å². The van der Waals surface area contributed by atoms with Crippen LogP contribution in [0.5, 0.6) is 0 Å². The molecule has 4 aromatic rings. The fraction of sp³-hybridized carbons (Fsp3) is 0.375. The molecule has 0 saturated heterocycles. The van der Waals surface area contributed by atoms with Gasteiger partial charge in [0.15, 0.2) is 5.16 Å². The molecule has 0 unspecified atom stereocenters. The van der Waals surface area contributed by atoms with Crippen LogP contribution in [-0.2, 0) is 28.9 Å². The standard InChI is InChI=1S/C24H28N4O3S2/c1-3-17-13-19-22(33-17)27-24(28(23(19)30)11-6-12-31-2)32-15-21(29)25-10-9-16-14-26-20-8-5-4-7-18(16)20/h4-5,7-8,13-14,26H,3,6,9-12,15H2,1-2H3,(H,25,29). The molecule has 3 heterocycles. The molecule has 1 aromatic carbocycles. The SMILES string of the molecule is CCc1cc2c(=O)n(CCCOC)c(SCC(=O)NCCc3c[nH]c4ccccc34)nc2s1. The molecule has 3 aromatic heterocycles. The first kappa shape index (κ1) is 23.5. The van der Waals surface area contributed by atoms with Gasteiger partial charge in [0.2, 0.25) is 5.91 Å². The van der Waals surface area contributed by atoms with Crippen LogP contribution in [0, 0.1) is 0 Å². The van der Waals surface area contributed by atoms with Gasteiger partial charge in [-0.05, 0) is 37.0 Å². The molecule has 0 aliphatic carbocycles. The Morgan fingerprint density at radius 2 is 2.15 bits per heavy atom. The molecule has 0 aliphatic rings. The quantitative estimate of drug-likeness (QED) is 0.191. The largest absolute Gasteiger partial charge is 0.385 e. The monoisotopic (exact) mass is 484 g/mol. The van der Waals surface area contributed by atoms with Crippen molar-refractivity contribution < 1.29 is 9.53 Å². The van der Waals surface area contributed by atoms with E-state index in [9.17, 15) is 9.59 Å². The molecule has 0 spiro atoms. The number of carbonyl (C=O) groups is 1. The number of nitrogens with zero attached hydrogens (tertiary/aromatic N) is 2. The first-order chi connectivity index (χ1) is 16.1. The molecule has 0 atom stereocenters. The highest BCUT2D eigenvalue weighted by Crippen LogP contribution is 2.25. The fourth-order valence-corrected chi connectivity index (χ4v) is 5.62. The number of para-hydroxylation sites is 1. The Morgan fingerprint density at radius 1 is 1.30 bits per heavy atom. The Balaban J connectivity index is 1.41. The lowest BCUT2D eigenvalue weighted by molar-refractivity contribution is -0.118. The third-order valence-corrected chi connectivity index (χ3v) is 7.62. The first-order valence-corrected chi connectivity index (χ1v) is 12.9. The van der Waals surface area contributed by atoms with E-state index >= 15 is 0 Å². The summed E-state index contributed by atoms with van der Waals surface area (Å²) in [7, 11) is 1.65. The third-order valence-electron chi connectivity index (χ3n) is 5.47. The molecule has 4 rings (SSSR count). The van der Waals surface area contributed by atoms with Crippen molar-refractivity contribution in [2.45, 2.75) is 37.9 Å². The highest BCUT2D eigenvalue weighted by atomic mass is 32.2. The fourth-order valence-electron chi connectivity index (χ4n) is 3.75. The minimum absolute atomic E-state index is 0.0469. The molecule has 1 amide bonds. The van der Waals surface area contributed by atoms with Gasteiger partial charge < -0.3 is 15.0 Å². The van der Waals surface area contributed by atoms with E-state index in [1.807, 2.05) is 30.5 Å². The van der Waals surface area contributed by atoms with Crippen LogP contribution in [0.25, 0.3) is 21.1 Å². The summed E-state index contributed by atoms with van der Waals surface area (Å²) >= 11 is 2.85. The molecule has 2 N–H and O–H groups in total. The summed E-state index contributed by atoms with van der Waals surface area (Å²) in [6, 6.07) is 10.1. The van der Waals surface area contributed by atoms with E-state index in [-0.39, 0.29) is 17.2 Å². The number of methoxy groups -OCH3 is 1. The lowest BCUT2D eigenvalue weighted by atomic mass is 10.1. The van der Waals surface area contributed by atoms with Gasteiger partial charge >= 0.3 is 0 Å². The van der Waals surface area contributed by atoms with Gasteiger partial charge in [-0.15, -0.1) is 11.3 Å². The van der Waals surface area contributed by atoms with Crippen molar-refractivity contribution in [3.8, 4) is 0 Å². The molecule has 0 fully saturated rings. The summed E-state index contributed by atoms with van der Waals surface area (Å²) in [5.74, 6) is 0.139. The number of nitrogens with one attached hydrogen (secondary N) is 2. The number of ether oxygens (including phenoxy) is 1. The number of rotatable bonds is 11. The number of fused-ring (bicyclic) bond motifs is 2. The Morgan fingerprint density at radius 3 is 2.97 bits per heavy atom. The highest BCUT2D eigenvalue weighted by molar-refractivity contribution is 7.99. The first-order valence-electron chi connectivity index (χ1n) is 11.1. The van der Waals surface area contributed by atoms with Crippen molar-refractivity contribution in [1.29, 1.82) is 0 Å². The van der Waals surface area contributed by atoms with Crippen LogP contribution < -0.4 is 10.9 Å². The summed E-state index contributed by atoms with van der Waals surface area (Å²) < 4.78 is 6.82. The zero-order chi connectivity index (χ0) is 23.2. The molecule has 0 bridgehead atoms. The predicted octanol–water partition coefficient (Wildman–Crippen LogP) is 3.99. The van der Waals surface area contributed by atoms with E-state index < -0.39 is 0 Å². The number of aryl methyl sites for hydroxylation is 1. The maximum atomic E-state index is 13.1. The van der Waals surface area contributed by atoms with E-state index in [0.29, 0.717) is 36.7 Å². The van der Waals surface area contributed by atoms with E-state index in [1.54, 1.807) is 23.0 Å². The van der Waals surface area contributed by atoms with Gasteiger partial charge in [-0.2, -0.15) is 0 Å². The number of aromatic amines is 1. The lowest BCUT2D eigenvalue weighted by Gasteiger charge is -2.12. The summed E-state index contributed by atoms with van der Waals surface area (Å²) in [6.07, 6.45) is 4.32. The maximum absolute atomic E-state index is 13.1. The number of aromatic nitrogens is 3. The zero-order valence-electron chi connectivity index (χ0n) is 18.8. The Kier molecular flexibility index (Phi) is 7.85. The van der Waals surface area contributed by atoms with Gasteiger partial charge in [0.05, 0.1) is 11.1 Å². The van der Waals surface area contributed by atoms with Crippen LogP contribution in [0.2, 0.25) is 0 Å². The van der Waals surface area contributed by atoms with E-state index in [0.717, 1.165) is 28.1 Å². The normalized spacial score (nSPS) is 11.5. The molecule has 174 valence electrons. The highest BCUT2D eigenvalue weighted by Gasteiger charge is 2.15. The number of hydrogen-bond acceptors (Lipinski definition) is 6. The van der Waals surface area contributed by atoms with Crippen molar-refractivity contribution in [1.82, 2.24) is 19.9 Å². The average Bonchev–Trinajstić information content (AvgIpc) is 3.44. The summed E-state index contributed by atoms with van der Waals surface area (Å²) in [5, 5.41) is 5.41. The van der Waals surface area contributed by atoms with Gasteiger partial charge in [0, 0.05) is 48.8 Å². The van der Waals surface area contributed by atoms with Crippen LogP contribution in [0.4, 0.5) is 0 Å². The van der Waals surface area contributed by atoms with Crippen LogP contribution in [-0.4, -0.2) is 46.5 Å². The Bertz CT molecular complexity index is 1310. The number of thioether (sulfide) groups is 1. The van der Waals surface area contributed by atoms with E-state index in [1.165, 1.54) is 22.7 Å². The number of benzene rings is 1. The predicted molar refractivity (Wildman–Crippen MR) is 135 cm³/mol. The molecule has 0 saturated carbocycles. The zero-order valence-corrected chi connectivity index (χ0v) is 20.5. The summed E-state index contributed by atoms with van der Waals surface area (Å²) in [5.41, 5.74) is 2.23. The summed E-state index contributed by atoms with van der Waals surface area (Å²) in [4.78, 5) is 35.5. The number of amides is 1. The van der Waals surface area contributed by atoms with Crippen LogP contribution in [0.1, 0.15) is 23.8 Å². The topological polar surface area (TPSA) is 89.0 Å². The van der Waals surface area contributed by atoms with Crippen molar-refractivity contribution in [3.05, 3.63) is 57.3 Å². The smallest absolute Gasteiger partial charge is 0.262 e. The number of thiophene rings is 1. The van der Waals surface area contributed by atoms with Gasteiger partial charge in [0.25, 0.3) is 5.56 Å². The molecule has 0 radical (unpaired) electrons. The van der Waals surface area contributed by atoms with Crippen LogP contribution >= 0.6 is 23.1 Å². The molecule has 33 heavy (non-hydrogen) atoms. The van der Waals surface area contributed by atoms with Gasteiger partial charge in [-0.1, -0.05) is 36.9 Å². The van der Waals surface area contributed by atoms with Crippen molar-refractivity contribution in [3.63, 3.8) is 0 Å². The minimum Gasteiger partial charge on any atom is -0.385 e. The second kappa shape index (κ2) is 11.0. The molecule has 9 heteroatoms. The van der Waals surface area contributed by atoms with E-state index in [2.05, 4.69) is 23.3 Å². The van der Waals surface area contributed by atoms with Crippen molar-refractivity contribution >= 4 is 50.1 Å². The maximum Gasteiger partial charge on any atom is 0.262 e. The average molecular weight is 485 g/mol. The summed E-state index contributed by atoms with van der Waals surface area (Å²) in [6.45, 7) is 3.70. The number of hydrogen-bond donors (Lipinski definition) is 2. The van der Waals surface area contributed by atoms with Gasteiger partial charge in [-0.3, -0.25) is 14.2 Å². The van der Waals surface area contributed by atoms with Gasteiger partial charge in [-0.25, -0.2) is 4.98 Å². The van der Waals surface area contributed by atoms with Crippen LogP contribution in [0.3, 0.4) is 0 Å². The van der Waals surface area contributed by atoms with Crippen molar-refractivity contribution in [2.75, 3.05) is 26.0 Å². The second-order valence-electron chi connectivity index (χ2n) is 7.73. The molecule has 7 nitrogen and oxygen atoms in total. The number of H-pyrrole nitrogens is 1.